The van der Waals surface area contributed by atoms with Gasteiger partial charge < -0.3 is 5.32 Å². The minimum absolute atomic E-state index is 0.147. The molecule has 0 spiro atoms. The molecule has 3 nitrogen and oxygen atoms in total. The molecule has 0 heterocycles. The standard InChI is InChI=1S/C36H16N2O/c1-5-8-11-14-17-20-23-26-29-32-36(37-35(4)39)38(33-30-27-24-21-18-15-12-9-6-2)34-31-28-25-22-19-16-13-10-7-3/h1,6-7,32H,2-3,9-10H2,4H3,(H,37,39). The first-order valence-electron chi connectivity index (χ1n) is 10.6. The van der Waals surface area contributed by atoms with E-state index in [9.17, 15) is 4.79 Å². The molecule has 1 amide bonds. The third-order valence-corrected chi connectivity index (χ3v) is 2.90. The van der Waals surface area contributed by atoms with Crippen LogP contribution in [0.3, 0.4) is 0 Å². The van der Waals surface area contributed by atoms with Crippen molar-refractivity contribution in [2.45, 2.75) is 19.8 Å². The number of rotatable bonds is 4. The van der Waals surface area contributed by atoms with Gasteiger partial charge in [-0.05, 0) is 82.9 Å². The summed E-state index contributed by atoms with van der Waals surface area (Å²) < 4.78 is 0. The number of hydrogen-bond acceptors (Lipinski definition) is 2. The second-order valence-electron chi connectivity index (χ2n) is 5.77. The van der Waals surface area contributed by atoms with E-state index in [1.165, 1.54) is 17.9 Å². The molecule has 0 radical (unpaired) electrons. The molecule has 0 saturated heterocycles. The Balaban J connectivity index is 6.16. The average molecular weight is 493 g/mol. The maximum Gasteiger partial charge on any atom is 0.222 e. The zero-order valence-electron chi connectivity index (χ0n) is 21.0. The Morgan fingerprint density at radius 2 is 1.08 bits per heavy atom. The Morgan fingerprint density at radius 1 is 0.667 bits per heavy atom. The largest absolute Gasteiger partial charge is 0.310 e. The second kappa shape index (κ2) is 25.4. The van der Waals surface area contributed by atoms with Crippen LogP contribution in [0.4, 0.5) is 0 Å². The lowest BCUT2D eigenvalue weighted by Crippen LogP contribution is -2.28. The van der Waals surface area contributed by atoms with Crippen LogP contribution in [0.25, 0.3) is 0 Å². The number of terminal acetylenes is 1. The van der Waals surface area contributed by atoms with E-state index >= 15 is 0 Å². The number of carbonyl (C=O) groups excluding carboxylic acids is 1. The van der Waals surface area contributed by atoms with Crippen LogP contribution in [0.15, 0.2) is 37.2 Å². The maximum atomic E-state index is 11.7. The summed E-state index contributed by atoms with van der Waals surface area (Å²) in [7, 11) is 0. The van der Waals surface area contributed by atoms with Crippen LogP contribution in [0.1, 0.15) is 19.8 Å². The first kappa shape index (κ1) is 31.8. The molecule has 39 heavy (non-hydrogen) atoms. The lowest BCUT2D eigenvalue weighted by Gasteiger charge is -2.12. The van der Waals surface area contributed by atoms with Crippen molar-refractivity contribution in [3.8, 4) is 155 Å². The van der Waals surface area contributed by atoms with Crippen LogP contribution >= 0.6 is 0 Å². The second-order valence-corrected chi connectivity index (χ2v) is 5.77. The Bertz CT molecular complexity index is 1740. The van der Waals surface area contributed by atoms with Crippen molar-refractivity contribution >= 4 is 5.91 Å². The molecule has 0 bridgehead atoms. The average Bonchev–Trinajstić information content (AvgIpc) is 2.92. The highest BCUT2D eigenvalue weighted by Crippen LogP contribution is 1.97. The van der Waals surface area contributed by atoms with Gasteiger partial charge in [-0.25, -0.2) is 4.90 Å². The summed E-state index contributed by atoms with van der Waals surface area (Å²) in [6.07, 6.45) is 10.8. The van der Waals surface area contributed by atoms with E-state index in [0.29, 0.717) is 12.8 Å². The van der Waals surface area contributed by atoms with Crippen molar-refractivity contribution in [1.82, 2.24) is 10.2 Å². The molecule has 0 aliphatic heterocycles. The van der Waals surface area contributed by atoms with Gasteiger partial charge in [0.1, 0.15) is 5.82 Å². The highest BCUT2D eigenvalue weighted by molar-refractivity contribution is 5.75. The molecule has 0 rings (SSSR count). The number of carbonyl (C=O) groups is 1. The quantitative estimate of drug-likeness (QED) is 0.370. The van der Waals surface area contributed by atoms with E-state index in [-0.39, 0.29) is 11.7 Å². The van der Waals surface area contributed by atoms with Crippen molar-refractivity contribution in [2.75, 3.05) is 0 Å². The Morgan fingerprint density at radius 3 is 1.51 bits per heavy atom. The van der Waals surface area contributed by atoms with Gasteiger partial charge in [-0.3, -0.25) is 4.79 Å². The molecule has 1 N–H and O–H groups in total. The monoisotopic (exact) mass is 492 g/mol. The summed E-state index contributed by atoms with van der Waals surface area (Å²) in [4.78, 5) is 12.9. The van der Waals surface area contributed by atoms with Crippen LogP contribution in [0.5, 0.6) is 0 Å². The summed E-state index contributed by atoms with van der Waals surface area (Å²) in [5, 5.41) is 2.59. The molecule has 0 aromatic rings. The van der Waals surface area contributed by atoms with Crippen molar-refractivity contribution in [1.29, 1.82) is 0 Å². The van der Waals surface area contributed by atoms with Gasteiger partial charge in [0, 0.05) is 73.5 Å². The van der Waals surface area contributed by atoms with Crippen LogP contribution in [-0.4, -0.2) is 10.8 Å². The summed E-state index contributed by atoms with van der Waals surface area (Å²) in [5.41, 5.74) is 0. The maximum absolute atomic E-state index is 11.7. The van der Waals surface area contributed by atoms with E-state index < -0.39 is 0 Å². The number of allylic oxidation sites excluding steroid dienone is 3. The van der Waals surface area contributed by atoms with Crippen LogP contribution in [-0.2, 0) is 4.79 Å². The van der Waals surface area contributed by atoms with Gasteiger partial charge in [-0.2, -0.15) is 0 Å². The summed E-state index contributed by atoms with van der Waals surface area (Å²) in [5.74, 6) is 58.2. The topological polar surface area (TPSA) is 32.3 Å². The lowest BCUT2D eigenvalue weighted by atomic mass is 10.4. The van der Waals surface area contributed by atoms with Gasteiger partial charge in [0.25, 0.3) is 0 Å². The smallest absolute Gasteiger partial charge is 0.222 e. The molecular formula is C36H16N2O. The molecule has 3 heteroatoms. The molecule has 0 aliphatic rings. The van der Waals surface area contributed by atoms with Crippen molar-refractivity contribution < 1.29 is 4.79 Å². The molecule has 0 aromatic carbocycles. The van der Waals surface area contributed by atoms with Crippen LogP contribution in [0, 0.1) is 155 Å². The first-order chi connectivity index (χ1) is 19.2. The van der Waals surface area contributed by atoms with Crippen molar-refractivity contribution in [3.05, 3.63) is 37.2 Å². The van der Waals surface area contributed by atoms with Crippen molar-refractivity contribution in [3.63, 3.8) is 0 Å². The zero-order chi connectivity index (χ0) is 28.7. The number of nitrogens with zero attached hydrogens (tertiary/aromatic N) is 1. The molecule has 0 aromatic heterocycles. The first-order valence-corrected chi connectivity index (χ1v) is 10.6. The van der Waals surface area contributed by atoms with E-state index in [1.807, 2.05) is 0 Å². The summed E-state index contributed by atoms with van der Waals surface area (Å²) in [6, 6.07) is 5.37. The molecular weight excluding hydrogens is 476 g/mol. The molecule has 0 unspecified atom stereocenters. The lowest BCUT2D eigenvalue weighted by molar-refractivity contribution is -0.118. The summed E-state index contributed by atoms with van der Waals surface area (Å²) >= 11 is 0. The fourth-order valence-corrected chi connectivity index (χ4v) is 1.57. The number of hydrogen-bond donors (Lipinski definition) is 1. The van der Waals surface area contributed by atoms with Gasteiger partial charge in [0.15, 0.2) is 0 Å². The predicted octanol–water partition coefficient (Wildman–Crippen LogP) is 2.01. The Labute approximate surface area is 232 Å². The molecule has 176 valence electrons. The summed E-state index contributed by atoms with van der Waals surface area (Å²) in [6.45, 7) is 8.45. The van der Waals surface area contributed by atoms with Crippen LogP contribution in [0.2, 0.25) is 0 Å². The van der Waals surface area contributed by atoms with E-state index in [0.717, 1.165) is 0 Å². The highest BCUT2D eigenvalue weighted by atomic mass is 16.1. The number of nitrogens with one attached hydrogen (secondary N) is 1. The fraction of sp³-hybridized carbons (Fsp3) is 0.0833. The minimum atomic E-state index is -0.384. The molecule has 0 fully saturated rings. The Kier molecular flexibility index (Phi) is 20.7. The van der Waals surface area contributed by atoms with E-state index in [4.69, 9.17) is 6.42 Å². The highest BCUT2D eigenvalue weighted by Gasteiger charge is 2.05. The van der Waals surface area contributed by atoms with Crippen LogP contribution < -0.4 is 5.32 Å². The van der Waals surface area contributed by atoms with Crippen molar-refractivity contribution in [2.24, 2.45) is 0 Å². The predicted molar refractivity (Wildman–Crippen MR) is 156 cm³/mol. The van der Waals surface area contributed by atoms with Gasteiger partial charge in [-0.1, -0.05) is 29.9 Å². The van der Waals surface area contributed by atoms with Gasteiger partial charge in [0.05, 0.1) is 0 Å². The molecule has 0 atom stereocenters. The third kappa shape index (κ3) is 22.3. The SMILES string of the molecule is C#CC#CC#CC#CC#CC=C(NC(C)=O)N(C#CC#CC#CC#CCC=C)C#CC#CC#CC#CCC=C. The fourth-order valence-electron chi connectivity index (χ4n) is 1.57. The van der Waals surface area contributed by atoms with E-state index in [2.05, 4.69) is 167 Å². The normalized spacial score (nSPS) is 6.31. The Hall–Kier alpha value is -7.23. The van der Waals surface area contributed by atoms with Gasteiger partial charge in [0.2, 0.25) is 5.91 Å². The van der Waals surface area contributed by atoms with E-state index in [1.54, 1.807) is 12.2 Å². The molecule has 0 aliphatic carbocycles. The third-order valence-electron chi connectivity index (χ3n) is 2.90. The zero-order valence-corrected chi connectivity index (χ0v) is 21.0. The minimum Gasteiger partial charge on any atom is -0.310 e. The van der Waals surface area contributed by atoms with Gasteiger partial charge >= 0.3 is 0 Å². The van der Waals surface area contributed by atoms with Gasteiger partial charge in [-0.15, -0.1) is 19.6 Å². The number of amides is 1. The molecule has 0 saturated carbocycles.